The van der Waals surface area contributed by atoms with E-state index in [0.717, 1.165) is 9.79 Å². The quantitative estimate of drug-likeness (QED) is 0.764. The highest BCUT2D eigenvalue weighted by Crippen LogP contribution is 2.35. The van der Waals surface area contributed by atoms with Crippen molar-refractivity contribution in [3.05, 3.63) is 53.1 Å². The molecule has 0 saturated heterocycles. The second-order valence-corrected chi connectivity index (χ2v) is 5.50. The first kappa shape index (κ1) is 14.0. The summed E-state index contributed by atoms with van der Waals surface area (Å²) in [4.78, 5) is 13.7. The molecular weight excluding hydrogens is 280 g/mol. The van der Waals surface area contributed by atoms with Gasteiger partial charge in [-0.15, -0.1) is 0 Å². The van der Waals surface area contributed by atoms with Crippen molar-refractivity contribution in [1.29, 1.82) is 0 Å². The van der Waals surface area contributed by atoms with Crippen molar-refractivity contribution in [1.82, 2.24) is 0 Å². The van der Waals surface area contributed by atoms with Crippen LogP contribution in [0.2, 0.25) is 5.02 Å². The zero-order valence-corrected chi connectivity index (χ0v) is 12.2. The number of halogens is 1. The molecule has 0 fully saturated rings. The molecule has 0 bridgehead atoms. The molecule has 0 saturated carbocycles. The monoisotopic (exact) mass is 292 g/mol. The van der Waals surface area contributed by atoms with Crippen molar-refractivity contribution >= 4 is 29.1 Å². The number of rotatable bonds is 4. The summed E-state index contributed by atoms with van der Waals surface area (Å²) in [5.41, 5.74) is 0.616. The van der Waals surface area contributed by atoms with Crippen molar-refractivity contribution < 1.29 is 9.53 Å². The average molecular weight is 293 g/mol. The van der Waals surface area contributed by atoms with Crippen LogP contribution in [0.3, 0.4) is 0 Å². The molecule has 0 unspecified atom stereocenters. The largest absolute Gasteiger partial charge is 0.496 e. The summed E-state index contributed by atoms with van der Waals surface area (Å²) in [6.45, 7) is 1.55. The first-order chi connectivity index (χ1) is 9.11. The fourth-order valence-corrected chi connectivity index (χ4v) is 2.89. The Labute approximate surface area is 121 Å². The molecule has 2 aromatic carbocycles. The topological polar surface area (TPSA) is 26.3 Å². The molecule has 0 heterocycles. The molecule has 0 amide bonds. The summed E-state index contributed by atoms with van der Waals surface area (Å²) >= 11 is 7.38. The lowest BCUT2D eigenvalue weighted by Gasteiger charge is -2.11. The van der Waals surface area contributed by atoms with Crippen LogP contribution in [0.4, 0.5) is 0 Å². The standard InChI is InChI=1S/C15H13ClO2S/c1-10(17)15-13(18-2)4-3-5-14(15)19-12-8-6-11(16)7-9-12/h3-9H,1-2H3. The van der Waals surface area contributed by atoms with Gasteiger partial charge in [-0.2, -0.15) is 0 Å². The van der Waals surface area contributed by atoms with E-state index in [1.54, 1.807) is 20.1 Å². The van der Waals surface area contributed by atoms with E-state index < -0.39 is 0 Å². The molecular formula is C15H13ClO2S. The van der Waals surface area contributed by atoms with Gasteiger partial charge in [0.05, 0.1) is 12.7 Å². The van der Waals surface area contributed by atoms with Gasteiger partial charge in [-0.1, -0.05) is 29.4 Å². The number of ether oxygens (including phenoxy) is 1. The minimum Gasteiger partial charge on any atom is -0.496 e. The highest BCUT2D eigenvalue weighted by Gasteiger charge is 2.14. The minimum absolute atomic E-state index is 0.00564. The maximum absolute atomic E-state index is 11.8. The van der Waals surface area contributed by atoms with Gasteiger partial charge >= 0.3 is 0 Å². The van der Waals surface area contributed by atoms with Crippen LogP contribution < -0.4 is 4.74 Å². The zero-order chi connectivity index (χ0) is 13.8. The number of carbonyl (C=O) groups is 1. The molecule has 0 spiro atoms. The lowest BCUT2D eigenvalue weighted by Crippen LogP contribution is -1.99. The smallest absolute Gasteiger partial charge is 0.164 e. The van der Waals surface area contributed by atoms with E-state index in [2.05, 4.69) is 0 Å². The van der Waals surface area contributed by atoms with Crippen LogP contribution in [0.1, 0.15) is 17.3 Å². The molecule has 2 nitrogen and oxygen atoms in total. The molecule has 2 rings (SSSR count). The molecule has 0 aromatic heterocycles. The van der Waals surface area contributed by atoms with Gasteiger partial charge in [-0.25, -0.2) is 0 Å². The Balaban J connectivity index is 2.39. The van der Waals surface area contributed by atoms with Gasteiger partial charge in [0.1, 0.15) is 5.75 Å². The number of benzene rings is 2. The molecule has 98 valence electrons. The highest BCUT2D eigenvalue weighted by atomic mass is 35.5. The second kappa shape index (κ2) is 6.13. The molecule has 4 heteroatoms. The maximum Gasteiger partial charge on any atom is 0.164 e. The Hall–Kier alpha value is -1.45. The van der Waals surface area contributed by atoms with E-state index in [0.29, 0.717) is 16.3 Å². The number of hydrogen-bond acceptors (Lipinski definition) is 3. The normalized spacial score (nSPS) is 10.3. The molecule has 19 heavy (non-hydrogen) atoms. The van der Waals surface area contributed by atoms with E-state index in [9.17, 15) is 4.79 Å². The number of carbonyl (C=O) groups excluding carboxylic acids is 1. The van der Waals surface area contributed by atoms with Crippen LogP contribution >= 0.6 is 23.4 Å². The van der Waals surface area contributed by atoms with Gasteiger partial charge in [-0.05, 0) is 43.3 Å². The number of ketones is 1. The third-order valence-corrected chi connectivity index (χ3v) is 3.92. The molecule has 0 atom stereocenters. The van der Waals surface area contributed by atoms with E-state index in [4.69, 9.17) is 16.3 Å². The van der Waals surface area contributed by atoms with Gasteiger partial charge in [0, 0.05) is 14.8 Å². The molecule has 0 aliphatic carbocycles. The van der Waals surface area contributed by atoms with Gasteiger partial charge in [-0.3, -0.25) is 4.79 Å². The summed E-state index contributed by atoms with van der Waals surface area (Å²) in [6.07, 6.45) is 0. The summed E-state index contributed by atoms with van der Waals surface area (Å²) in [6, 6.07) is 13.1. The van der Waals surface area contributed by atoms with Crippen molar-refractivity contribution in [2.24, 2.45) is 0 Å². The van der Waals surface area contributed by atoms with Gasteiger partial charge in [0.25, 0.3) is 0 Å². The molecule has 2 aromatic rings. The van der Waals surface area contributed by atoms with Crippen molar-refractivity contribution in [2.75, 3.05) is 7.11 Å². The Morgan fingerprint density at radius 1 is 1.16 bits per heavy atom. The van der Waals surface area contributed by atoms with Crippen LogP contribution in [-0.4, -0.2) is 12.9 Å². The van der Waals surface area contributed by atoms with Gasteiger partial charge in [0.2, 0.25) is 0 Å². The number of methoxy groups -OCH3 is 1. The third kappa shape index (κ3) is 3.31. The average Bonchev–Trinajstić information content (AvgIpc) is 2.40. The molecule has 0 radical (unpaired) electrons. The summed E-state index contributed by atoms with van der Waals surface area (Å²) in [5, 5.41) is 0.696. The maximum atomic E-state index is 11.8. The van der Waals surface area contributed by atoms with Crippen LogP contribution in [-0.2, 0) is 0 Å². The Morgan fingerprint density at radius 3 is 2.42 bits per heavy atom. The van der Waals surface area contributed by atoms with Crippen molar-refractivity contribution in [2.45, 2.75) is 16.7 Å². The Kier molecular flexibility index (Phi) is 4.51. The van der Waals surface area contributed by atoms with Crippen LogP contribution in [0.15, 0.2) is 52.3 Å². The van der Waals surface area contributed by atoms with E-state index >= 15 is 0 Å². The van der Waals surface area contributed by atoms with E-state index in [1.165, 1.54) is 11.8 Å². The van der Waals surface area contributed by atoms with E-state index in [-0.39, 0.29) is 5.78 Å². The highest BCUT2D eigenvalue weighted by molar-refractivity contribution is 7.99. The summed E-state index contributed by atoms with van der Waals surface area (Å²) < 4.78 is 5.25. The van der Waals surface area contributed by atoms with E-state index in [1.807, 2.05) is 36.4 Å². The predicted molar refractivity (Wildman–Crippen MR) is 78.6 cm³/mol. The summed E-state index contributed by atoms with van der Waals surface area (Å²) in [5.74, 6) is 0.598. The lowest BCUT2D eigenvalue weighted by molar-refractivity contribution is 0.101. The lowest BCUT2D eigenvalue weighted by atomic mass is 10.1. The Bertz CT molecular complexity index is 594. The number of Topliss-reactive ketones (excluding diaryl/α,β-unsaturated/α-hetero) is 1. The second-order valence-electron chi connectivity index (χ2n) is 3.95. The number of hydrogen-bond donors (Lipinski definition) is 0. The third-order valence-electron chi connectivity index (χ3n) is 2.60. The first-order valence-corrected chi connectivity index (χ1v) is 6.92. The van der Waals surface area contributed by atoms with Crippen LogP contribution in [0, 0.1) is 0 Å². The van der Waals surface area contributed by atoms with Gasteiger partial charge < -0.3 is 4.74 Å². The molecule has 0 aliphatic heterocycles. The fourth-order valence-electron chi connectivity index (χ4n) is 1.74. The summed E-state index contributed by atoms with van der Waals surface area (Å²) in [7, 11) is 1.57. The predicted octanol–water partition coefficient (Wildman–Crippen LogP) is 4.70. The first-order valence-electron chi connectivity index (χ1n) is 5.73. The van der Waals surface area contributed by atoms with Crippen molar-refractivity contribution in [3.63, 3.8) is 0 Å². The van der Waals surface area contributed by atoms with Crippen LogP contribution in [0.25, 0.3) is 0 Å². The minimum atomic E-state index is -0.00564. The zero-order valence-electron chi connectivity index (χ0n) is 10.6. The molecule has 0 aliphatic rings. The fraction of sp³-hybridized carbons (Fsp3) is 0.133. The SMILES string of the molecule is COc1cccc(Sc2ccc(Cl)cc2)c1C(C)=O. The van der Waals surface area contributed by atoms with Crippen molar-refractivity contribution in [3.8, 4) is 5.75 Å². The molecule has 0 N–H and O–H groups in total. The van der Waals surface area contributed by atoms with Gasteiger partial charge in [0.15, 0.2) is 5.78 Å². The Morgan fingerprint density at radius 2 is 1.84 bits per heavy atom. The van der Waals surface area contributed by atoms with Crippen LogP contribution in [0.5, 0.6) is 5.75 Å².